The van der Waals surface area contributed by atoms with Gasteiger partial charge in [0, 0.05) is 5.39 Å². The molecule has 0 heterocycles. The summed E-state index contributed by atoms with van der Waals surface area (Å²) in [6.07, 6.45) is 11.1. The topological polar surface area (TPSA) is 55.3 Å². The first kappa shape index (κ1) is 30.9. The highest BCUT2D eigenvalue weighted by Gasteiger charge is 2.24. The molecule has 0 aliphatic heterocycles. The van der Waals surface area contributed by atoms with Crippen LogP contribution in [0.4, 0.5) is 0 Å². The van der Waals surface area contributed by atoms with Gasteiger partial charge in [0.15, 0.2) is 0 Å². The highest BCUT2D eigenvalue weighted by molar-refractivity contribution is 6.30. The van der Waals surface area contributed by atoms with Gasteiger partial charge < -0.3 is 19.2 Å². The molecule has 0 unspecified atom stereocenters. The molecule has 0 radical (unpaired) electrons. The van der Waals surface area contributed by atoms with Crippen molar-refractivity contribution >= 4 is 39.6 Å². The lowest BCUT2D eigenvalue weighted by Crippen LogP contribution is -2.50. The fourth-order valence-electron chi connectivity index (χ4n) is 5.61. The summed E-state index contributed by atoms with van der Waals surface area (Å²) in [6.45, 7) is 15.0. The van der Waals surface area contributed by atoms with Crippen LogP contribution < -0.4 is 14.7 Å². The monoisotopic (exact) mass is 528 g/mol. The third-order valence-corrected chi connectivity index (χ3v) is 7.86. The Morgan fingerprint density at radius 1 is 0.590 bits per heavy atom. The zero-order valence-corrected chi connectivity index (χ0v) is 24.6. The third-order valence-electron chi connectivity index (χ3n) is 7.86. The second-order valence-electron chi connectivity index (χ2n) is 10.9. The molecule has 0 bridgehead atoms. The van der Waals surface area contributed by atoms with Crippen LogP contribution in [0.1, 0.15) is 79.1 Å². The molecule has 5 heteroatoms. The van der Waals surface area contributed by atoms with E-state index in [1.54, 1.807) is 12.1 Å². The van der Waals surface area contributed by atoms with Crippen molar-refractivity contribution in [3.8, 4) is 5.75 Å². The van der Waals surface area contributed by atoms with Crippen LogP contribution in [-0.4, -0.2) is 38.0 Å². The highest BCUT2D eigenvalue weighted by Crippen LogP contribution is 2.35. The fourth-order valence-corrected chi connectivity index (χ4v) is 5.61. The molecule has 4 rings (SSSR count). The molecule has 4 aromatic rings. The van der Waals surface area contributed by atoms with Gasteiger partial charge in [-0.3, -0.25) is 0 Å². The number of fused-ring (bicyclic) bond motifs is 4. The molecule has 0 saturated heterocycles. The smallest absolute Gasteiger partial charge is 0.133 e. The van der Waals surface area contributed by atoms with Gasteiger partial charge in [0.25, 0.3) is 0 Å². The fraction of sp³-hybridized carbons (Fsp3) is 0.471. The molecule has 0 fully saturated rings. The molecule has 0 aliphatic carbocycles. The summed E-state index contributed by atoms with van der Waals surface area (Å²) in [5.74, 6) is 0.341. The van der Waals surface area contributed by atoms with Gasteiger partial charge in [-0.25, -0.2) is 0 Å². The van der Waals surface area contributed by atoms with E-state index in [0.29, 0.717) is 5.75 Å². The van der Waals surface area contributed by atoms with Crippen molar-refractivity contribution < 1.29 is 19.2 Å². The van der Waals surface area contributed by atoms with Crippen LogP contribution in [0.25, 0.3) is 32.3 Å². The van der Waals surface area contributed by atoms with Crippen LogP contribution in [0.2, 0.25) is 0 Å². The minimum Gasteiger partial charge on any atom is -0.860 e. The SMILES string of the molecule is CCCC[N+](CCCC)(CCCC)CCCC.[O-]B([O-])Oc1cccc2ccc3cc4ccccc4cc3c12. The third kappa shape index (κ3) is 8.70. The van der Waals surface area contributed by atoms with E-state index in [0.717, 1.165) is 32.3 Å². The number of benzene rings is 4. The Morgan fingerprint density at radius 2 is 1.08 bits per heavy atom. The van der Waals surface area contributed by atoms with Crippen LogP contribution in [0.3, 0.4) is 0 Å². The van der Waals surface area contributed by atoms with Crippen molar-refractivity contribution in [1.82, 2.24) is 0 Å². The maximum atomic E-state index is 10.9. The molecule has 0 spiro atoms. The summed E-state index contributed by atoms with van der Waals surface area (Å²) in [4.78, 5) is 0. The van der Waals surface area contributed by atoms with E-state index in [-0.39, 0.29) is 0 Å². The molecule has 0 saturated carbocycles. The lowest BCUT2D eigenvalue weighted by Gasteiger charge is -2.39. The standard InChI is InChI=1S/C18H11BO3.C16H36N/c20-19(21)22-17-7-3-6-12-8-9-15-10-13-4-1-2-5-14(13)11-16(15)18(12)17;1-5-9-13-17(14-10-6-2,15-11-7-3)16-12-8-4/h1-11H;5-16H2,1-4H3/q-2;+1. The molecule has 4 nitrogen and oxygen atoms in total. The molecule has 4 aromatic carbocycles. The lowest BCUT2D eigenvalue weighted by molar-refractivity contribution is -0.929. The van der Waals surface area contributed by atoms with Crippen molar-refractivity contribution in [3.63, 3.8) is 0 Å². The minimum absolute atomic E-state index is 0.341. The number of unbranched alkanes of at least 4 members (excludes halogenated alkanes) is 4. The van der Waals surface area contributed by atoms with Gasteiger partial charge in [0.05, 0.1) is 26.2 Å². The summed E-state index contributed by atoms with van der Waals surface area (Å²) < 4.78 is 6.36. The molecule has 0 aromatic heterocycles. The number of quaternary nitrogens is 1. The summed E-state index contributed by atoms with van der Waals surface area (Å²) in [6, 6.07) is 21.7. The maximum absolute atomic E-state index is 10.9. The van der Waals surface area contributed by atoms with Gasteiger partial charge in [-0.15, -0.1) is 0 Å². The second-order valence-corrected chi connectivity index (χ2v) is 10.9. The molecule has 0 amide bonds. The van der Waals surface area contributed by atoms with Gasteiger partial charge in [0.1, 0.15) is 13.1 Å². The van der Waals surface area contributed by atoms with E-state index in [2.05, 4.69) is 45.9 Å². The summed E-state index contributed by atoms with van der Waals surface area (Å²) in [7, 11) is -2.33. The van der Waals surface area contributed by atoms with Gasteiger partial charge in [-0.1, -0.05) is 102 Å². The Labute approximate surface area is 236 Å². The van der Waals surface area contributed by atoms with E-state index in [1.807, 2.05) is 36.4 Å². The first-order valence-corrected chi connectivity index (χ1v) is 15.1. The lowest BCUT2D eigenvalue weighted by atomic mass is 9.97. The highest BCUT2D eigenvalue weighted by atomic mass is 16.6. The molecule has 0 N–H and O–H groups in total. The number of hydrogen-bond acceptors (Lipinski definition) is 3. The van der Waals surface area contributed by atoms with Crippen LogP contribution >= 0.6 is 0 Å². The average molecular weight is 529 g/mol. The zero-order valence-electron chi connectivity index (χ0n) is 24.6. The van der Waals surface area contributed by atoms with Crippen LogP contribution in [0.15, 0.2) is 66.7 Å². The van der Waals surface area contributed by atoms with E-state index < -0.39 is 7.32 Å². The number of rotatable bonds is 14. The molecule has 39 heavy (non-hydrogen) atoms. The Kier molecular flexibility index (Phi) is 12.6. The summed E-state index contributed by atoms with van der Waals surface area (Å²) >= 11 is 0. The van der Waals surface area contributed by atoms with Gasteiger partial charge in [-0.2, -0.15) is 0 Å². The van der Waals surface area contributed by atoms with E-state index >= 15 is 0 Å². The van der Waals surface area contributed by atoms with Crippen LogP contribution in [-0.2, 0) is 0 Å². The van der Waals surface area contributed by atoms with Crippen LogP contribution in [0, 0.1) is 0 Å². The Morgan fingerprint density at radius 3 is 1.59 bits per heavy atom. The molecule has 0 atom stereocenters. The Bertz CT molecular complexity index is 1250. The quantitative estimate of drug-likeness (QED) is 0.0751. The average Bonchev–Trinajstić information content (AvgIpc) is 2.95. The maximum Gasteiger partial charge on any atom is 0.133 e. The van der Waals surface area contributed by atoms with E-state index in [9.17, 15) is 10.0 Å². The first-order chi connectivity index (χ1) is 19.0. The Hall–Kier alpha value is -2.60. The molecule has 0 aliphatic rings. The molecular weight excluding hydrogens is 481 g/mol. The predicted molar refractivity (Wildman–Crippen MR) is 165 cm³/mol. The van der Waals surface area contributed by atoms with Crippen molar-refractivity contribution in [2.24, 2.45) is 0 Å². The summed E-state index contributed by atoms with van der Waals surface area (Å²) in [5.41, 5.74) is 0. The van der Waals surface area contributed by atoms with Gasteiger partial charge >= 0.3 is 0 Å². The molecule has 210 valence electrons. The van der Waals surface area contributed by atoms with Crippen LogP contribution in [0.5, 0.6) is 5.75 Å². The van der Waals surface area contributed by atoms with Crippen molar-refractivity contribution in [2.45, 2.75) is 79.1 Å². The van der Waals surface area contributed by atoms with Crippen molar-refractivity contribution in [2.75, 3.05) is 26.2 Å². The van der Waals surface area contributed by atoms with Gasteiger partial charge in [-0.05, 0) is 70.8 Å². The van der Waals surface area contributed by atoms with Crippen molar-refractivity contribution in [1.29, 1.82) is 0 Å². The number of hydrogen-bond donors (Lipinski definition) is 0. The second kappa shape index (κ2) is 15.9. The Balaban J connectivity index is 0.000000225. The minimum atomic E-state index is -2.33. The van der Waals surface area contributed by atoms with Crippen molar-refractivity contribution in [3.05, 3.63) is 66.7 Å². The zero-order chi connectivity index (χ0) is 28.1. The molecular formula is C34H47BNO3-. The first-order valence-electron chi connectivity index (χ1n) is 15.1. The number of nitrogens with zero attached hydrogens (tertiary/aromatic N) is 1. The largest absolute Gasteiger partial charge is 0.860 e. The van der Waals surface area contributed by atoms with E-state index in [1.165, 1.54) is 82.0 Å². The predicted octanol–water partition coefficient (Wildman–Crippen LogP) is 7.23. The summed E-state index contributed by atoms with van der Waals surface area (Å²) in [5, 5.41) is 27.9. The van der Waals surface area contributed by atoms with E-state index in [4.69, 9.17) is 4.65 Å². The normalized spacial score (nSPS) is 11.5. The van der Waals surface area contributed by atoms with Gasteiger partial charge in [0.2, 0.25) is 0 Å².